The van der Waals surface area contributed by atoms with E-state index in [1.165, 1.54) is 12.1 Å². The van der Waals surface area contributed by atoms with Crippen LogP contribution in [0.5, 0.6) is 0 Å². The molecule has 0 saturated heterocycles. The standard InChI is InChI=1S/C19H12F2N2O4S/c20-14-5-3-6-15(21)18(14)28(25,26)23-22-19(24)11-8-9-17-13(10-11)12-4-1-2-7-16(12)27-17/h1-10,23H,(H,22,24). The van der Waals surface area contributed by atoms with Crippen LogP contribution in [-0.4, -0.2) is 14.3 Å². The molecule has 9 heteroatoms. The van der Waals surface area contributed by atoms with Gasteiger partial charge in [0.25, 0.3) is 15.9 Å². The zero-order valence-corrected chi connectivity index (χ0v) is 14.9. The summed E-state index contributed by atoms with van der Waals surface area (Å²) in [6.07, 6.45) is 0. The molecule has 0 aliphatic heterocycles. The third kappa shape index (κ3) is 3.10. The number of hydrogen-bond acceptors (Lipinski definition) is 4. The molecule has 28 heavy (non-hydrogen) atoms. The molecule has 3 aromatic carbocycles. The Morgan fingerprint density at radius 3 is 2.29 bits per heavy atom. The van der Waals surface area contributed by atoms with Gasteiger partial charge in [0.2, 0.25) is 0 Å². The number of nitrogens with one attached hydrogen (secondary N) is 2. The Morgan fingerprint density at radius 2 is 1.54 bits per heavy atom. The number of rotatable bonds is 4. The van der Waals surface area contributed by atoms with E-state index in [1.807, 2.05) is 23.6 Å². The number of hydrogen-bond donors (Lipinski definition) is 2. The van der Waals surface area contributed by atoms with E-state index < -0.39 is 32.5 Å². The summed E-state index contributed by atoms with van der Waals surface area (Å²) >= 11 is 0. The molecule has 0 fully saturated rings. The van der Waals surface area contributed by atoms with Crippen molar-refractivity contribution in [2.75, 3.05) is 0 Å². The molecule has 0 aliphatic carbocycles. The van der Waals surface area contributed by atoms with Crippen molar-refractivity contribution >= 4 is 37.9 Å². The molecule has 4 aromatic rings. The Kier molecular flexibility index (Phi) is 4.33. The van der Waals surface area contributed by atoms with Crippen LogP contribution in [0.15, 0.2) is 70.0 Å². The maximum atomic E-state index is 13.7. The monoisotopic (exact) mass is 402 g/mol. The van der Waals surface area contributed by atoms with E-state index in [0.717, 1.165) is 23.6 Å². The van der Waals surface area contributed by atoms with Crippen LogP contribution in [0.2, 0.25) is 0 Å². The summed E-state index contributed by atoms with van der Waals surface area (Å²) in [6.45, 7) is 0. The molecular formula is C19H12F2N2O4S. The van der Waals surface area contributed by atoms with Crippen molar-refractivity contribution in [3.63, 3.8) is 0 Å². The first-order valence-corrected chi connectivity index (χ1v) is 9.52. The molecule has 0 atom stereocenters. The lowest BCUT2D eigenvalue weighted by molar-refractivity contribution is 0.0945. The number of halogens is 2. The normalized spacial score (nSPS) is 11.8. The fraction of sp³-hybridized carbons (Fsp3) is 0. The third-order valence-electron chi connectivity index (χ3n) is 4.13. The van der Waals surface area contributed by atoms with Gasteiger partial charge in [-0.3, -0.25) is 10.2 Å². The van der Waals surface area contributed by atoms with Crippen LogP contribution in [-0.2, 0) is 10.0 Å². The minimum absolute atomic E-state index is 0.135. The Hall–Kier alpha value is -3.30. The molecule has 0 radical (unpaired) electrons. The maximum absolute atomic E-state index is 13.7. The highest BCUT2D eigenvalue weighted by atomic mass is 32.2. The summed E-state index contributed by atoms with van der Waals surface area (Å²) in [5, 5.41) is 1.47. The van der Waals surface area contributed by atoms with Gasteiger partial charge in [0, 0.05) is 16.3 Å². The van der Waals surface area contributed by atoms with Gasteiger partial charge in [-0.1, -0.05) is 24.3 Å². The van der Waals surface area contributed by atoms with Crippen LogP contribution in [0.25, 0.3) is 21.9 Å². The number of para-hydroxylation sites is 1. The summed E-state index contributed by atoms with van der Waals surface area (Å²) in [6, 6.07) is 14.4. The van der Waals surface area contributed by atoms with E-state index in [9.17, 15) is 22.0 Å². The third-order valence-corrected chi connectivity index (χ3v) is 5.42. The molecule has 0 saturated carbocycles. The Labute approximate surface area is 157 Å². The van der Waals surface area contributed by atoms with E-state index >= 15 is 0 Å². The molecule has 1 heterocycles. The Bertz CT molecular complexity index is 1310. The van der Waals surface area contributed by atoms with Crippen molar-refractivity contribution in [3.05, 3.63) is 77.9 Å². The predicted octanol–water partition coefficient (Wildman–Crippen LogP) is 3.49. The van der Waals surface area contributed by atoms with Crippen LogP contribution in [0.1, 0.15) is 10.4 Å². The number of sulfonamides is 1. The zero-order chi connectivity index (χ0) is 19.9. The molecule has 2 N–H and O–H groups in total. The highest BCUT2D eigenvalue weighted by Crippen LogP contribution is 2.29. The molecule has 1 aromatic heterocycles. The molecule has 142 valence electrons. The highest BCUT2D eigenvalue weighted by Gasteiger charge is 2.24. The van der Waals surface area contributed by atoms with Crippen LogP contribution in [0.4, 0.5) is 8.78 Å². The van der Waals surface area contributed by atoms with Gasteiger partial charge in [0.15, 0.2) is 4.90 Å². The fourth-order valence-corrected chi connectivity index (χ4v) is 3.82. The van der Waals surface area contributed by atoms with E-state index in [2.05, 4.69) is 0 Å². The van der Waals surface area contributed by atoms with Crippen LogP contribution in [0, 0.1) is 11.6 Å². The van der Waals surface area contributed by atoms with Gasteiger partial charge in [0.1, 0.15) is 22.8 Å². The van der Waals surface area contributed by atoms with Gasteiger partial charge in [-0.15, -0.1) is 4.83 Å². The smallest absolute Gasteiger partial charge is 0.266 e. The van der Waals surface area contributed by atoms with Crippen LogP contribution >= 0.6 is 0 Å². The average Bonchev–Trinajstić information content (AvgIpc) is 3.03. The highest BCUT2D eigenvalue weighted by molar-refractivity contribution is 7.89. The molecule has 0 spiro atoms. The molecule has 6 nitrogen and oxygen atoms in total. The Balaban J connectivity index is 1.61. The summed E-state index contributed by atoms with van der Waals surface area (Å²) in [7, 11) is -4.64. The van der Waals surface area contributed by atoms with Crippen molar-refractivity contribution in [1.29, 1.82) is 0 Å². The first-order chi connectivity index (χ1) is 13.4. The van der Waals surface area contributed by atoms with Crippen molar-refractivity contribution in [2.24, 2.45) is 0 Å². The average molecular weight is 402 g/mol. The predicted molar refractivity (Wildman–Crippen MR) is 97.9 cm³/mol. The number of carbonyl (C=O) groups is 1. The minimum atomic E-state index is -4.64. The van der Waals surface area contributed by atoms with Gasteiger partial charge in [-0.05, 0) is 36.4 Å². The lowest BCUT2D eigenvalue weighted by Crippen LogP contribution is -2.42. The fourth-order valence-electron chi connectivity index (χ4n) is 2.84. The topological polar surface area (TPSA) is 88.4 Å². The van der Waals surface area contributed by atoms with Crippen molar-refractivity contribution < 1.29 is 26.4 Å². The van der Waals surface area contributed by atoms with E-state index in [1.54, 1.807) is 17.0 Å². The maximum Gasteiger partial charge on any atom is 0.266 e. The van der Waals surface area contributed by atoms with Crippen LogP contribution in [0.3, 0.4) is 0 Å². The van der Waals surface area contributed by atoms with Crippen molar-refractivity contribution in [1.82, 2.24) is 10.3 Å². The van der Waals surface area contributed by atoms with Crippen molar-refractivity contribution in [2.45, 2.75) is 4.90 Å². The number of fused-ring (bicyclic) bond motifs is 3. The first-order valence-electron chi connectivity index (χ1n) is 8.04. The zero-order valence-electron chi connectivity index (χ0n) is 14.1. The van der Waals surface area contributed by atoms with E-state index in [-0.39, 0.29) is 5.56 Å². The van der Waals surface area contributed by atoms with Gasteiger partial charge >= 0.3 is 0 Å². The SMILES string of the molecule is O=C(NNS(=O)(=O)c1c(F)cccc1F)c1ccc2oc3ccccc3c2c1. The lowest BCUT2D eigenvalue weighted by atomic mass is 10.1. The molecule has 0 aliphatic rings. The van der Waals surface area contributed by atoms with E-state index in [4.69, 9.17) is 4.42 Å². The number of hydrazine groups is 1. The second kappa shape index (κ2) is 6.70. The summed E-state index contributed by atoms with van der Waals surface area (Å²) in [4.78, 5) is 12.9. The summed E-state index contributed by atoms with van der Waals surface area (Å²) in [5.41, 5.74) is 3.30. The number of carbonyl (C=O) groups excluding carboxylic acids is 1. The van der Waals surface area contributed by atoms with Crippen molar-refractivity contribution in [3.8, 4) is 0 Å². The molecular weight excluding hydrogens is 390 g/mol. The number of benzene rings is 3. The summed E-state index contributed by atoms with van der Waals surface area (Å²) < 4.78 is 57.3. The van der Waals surface area contributed by atoms with Gasteiger partial charge in [-0.2, -0.15) is 0 Å². The molecule has 4 rings (SSSR count). The van der Waals surface area contributed by atoms with Gasteiger partial charge in [-0.25, -0.2) is 17.2 Å². The van der Waals surface area contributed by atoms with Gasteiger partial charge in [0.05, 0.1) is 0 Å². The number of amides is 1. The minimum Gasteiger partial charge on any atom is -0.456 e. The second-order valence-corrected chi connectivity index (χ2v) is 7.54. The van der Waals surface area contributed by atoms with Crippen LogP contribution < -0.4 is 10.3 Å². The lowest BCUT2D eigenvalue weighted by Gasteiger charge is -2.10. The summed E-state index contributed by atoms with van der Waals surface area (Å²) in [5.74, 6) is -3.34. The number of furan rings is 1. The largest absolute Gasteiger partial charge is 0.456 e. The Morgan fingerprint density at radius 1 is 0.857 bits per heavy atom. The second-order valence-electron chi connectivity index (χ2n) is 5.92. The van der Waals surface area contributed by atoms with Gasteiger partial charge < -0.3 is 4.42 Å². The molecule has 0 bridgehead atoms. The quantitative estimate of drug-likeness (QED) is 0.512. The molecule has 0 unspecified atom stereocenters. The first kappa shape index (κ1) is 18.1. The van der Waals surface area contributed by atoms with E-state index in [0.29, 0.717) is 16.6 Å². The molecule has 1 amide bonds.